The summed E-state index contributed by atoms with van der Waals surface area (Å²) in [5.41, 5.74) is 0.220. The van der Waals surface area contributed by atoms with Crippen molar-refractivity contribution in [3.05, 3.63) is 30.1 Å². The van der Waals surface area contributed by atoms with Crippen molar-refractivity contribution in [2.45, 2.75) is 0 Å². The first-order valence-electron chi connectivity index (χ1n) is 2.44. The Hall–Kier alpha value is -0.458. The predicted molar refractivity (Wildman–Crippen MR) is 37.0 cm³/mol. The average molecular weight is 330 g/mol. The largest absolute Gasteiger partial charge is 0.478 e. The van der Waals surface area contributed by atoms with Crippen molar-refractivity contribution >= 4 is 33.3 Å². The first kappa shape index (κ1) is 9.54. The molecule has 0 aromatic carbocycles. The fourth-order valence-corrected chi connectivity index (χ4v) is 0.489. The number of carbonyl (C=O) groups is 1. The first-order chi connectivity index (χ1) is 4.30. The maximum absolute atomic E-state index is 10.2. The van der Waals surface area contributed by atoms with Crippen LogP contribution in [-0.2, 0) is 0 Å². The van der Waals surface area contributed by atoms with Crippen LogP contribution in [0, 0.1) is 0 Å². The van der Waals surface area contributed by atoms with Gasteiger partial charge in [0.15, 0.2) is 0 Å². The van der Waals surface area contributed by atoms with Gasteiger partial charge in [0.2, 0.25) is 0 Å². The van der Waals surface area contributed by atoms with Gasteiger partial charge in [0.25, 0.3) is 0 Å². The Balaban J connectivity index is 0.000000810. The van der Waals surface area contributed by atoms with E-state index in [1.807, 2.05) is 0 Å². The summed E-state index contributed by atoms with van der Waals surface area (Å²) in [5, 5.41) is 8.34. The van der Waals surface area contributed by atoms with Crippen molar-refractivity contribution in [2.24, 2.45) is 0 Å². The van der Waals surface area contributed by atoms with Crippen LogP contribution in [0.3, 0.4) is 0 Å². The molecule has 0 saturated carbocycles. The third kappa shape index (κ3) is 2.42. The molecule has 0 fully saturated rings. The van der Waals surface area contributed by atoms with Crippen LogP contribution in [0.25, 0.3) is 0 Å². The van der Waals surface area contributed by atoms with E-state index in [1.54, 1.807) is 6.07 Å². The molecule has 1 rings (SSSR count). The monoisotopic (exact) mass is 331 g/mol. The van der Waals surface area contributed by atoms with E-state index in [0.29, 0.717) is 0 Å². The Labute approximate surface area is 78.3 Å². The van der Waals surface area contributed by atoms with Crippen molar-refractivity contribution in [1.82, 2.24) is 4.98 Å². The predicted octanol–water partition coefficient (Wildman–Crippen LogP) is 0.399. The first-order valence-corrected chi connectivity index (χ1v) is 2.44. The fourth-order valence-electron chi connectivity index (χ4n) is 0.489. The van der Waals surface area contributed by atoms with Crippen LogP contribution >= 0.6 is 0 Å². The van der Waals surface area contributed by atoms with Gasteiger partial charge in [0, 0.05) is 39.7 Å². The van der Waals surface area contributed by atoms with Crippen molar-refractivity contribution in [1.29, 1.82) is 0 Å². The Morgan fingerprint density at radius 2 is 2.30 bits per heavy atom. The summed E-state index contributed by atoms with van der Waals surface area (Å²) in [7, 11) is 0. The van der Waals surface area contributed by atoms with Gasteiger partial charge >= 0.3 is 5.97 Å². The molecule has 1 aromatic rings. The van der Waals surface area contributed by atoms with Gasteiger partial charge in [-0.05, 0) is 12.1 Å². The molecule has 0 unspecified atom stereocenters. The molecule has 10 heavy (non-hydrogen) atoms. The average Bonchev–Trinajstić information content (AvgIpc) is 1.90. The Kier molecular flexibility index (Phi) is 4.17. The maximum atomic E-state index is 10.2. The molecule has 0 aliphatic heterocycles. The van der Waals surface area contributed by atoms with Gasteiger partial charge in [0.05, 0.1) is 5.56 Å². The molecule has 1 aromatic heterocycles. The van der Waals surface area contributed by atoms with E-state index >= 15 is 0 Å². The summed E-state index contributed by atoms with van der Waals surface area (Å²) in [4.78, 5) is 13.8. The topological polar surface area (TPSA) is 50.2 Å². The van der Waals surface area contributed by atoms with E-state index in [-0.39, 0.29) is 32.9 Å². The number of carboxylic acid groups (broad SMARTS) is 1. The van der Waals surface area contributed by atoms with Gasteiger partial charge in [-0.25, -0.2) is 4.79 Å². The quantitative estimate of drug-likeness (QED) is 0.759. The number of carboxylic acids is 1. The molecule has 0 saturated heterocycles. The molecule has 0 bridgehead atoms. The molecule has 0 amide bonds. The molecular formula is C6H5NO2Pb. The van der Waals surface area contributed by atoms with Gasteiger partial charge < -0.3 is 5.11 Å². The molecule has 3 nitrogen and oxygen atoms in total. The molecule has 1 N–H and O–H groups in total. The van der Waals surface area contributed by atoms with Crippen LogP contribution in [0.2, 0.25) is 0 Å². The van der Waals surface area contributed by atoms with E-state index < -0.39 is 5.97 Å². The summed E-state index contributed by atoms with van der Waals surface area (Å²) < 4.78 is 0. The number of hydrogen-bond acceptors (Lipinski definition) is 2. The van der Waals surface area contributed by atoms with Crippen molar-refractivity contribution in [3.8, 4) is 0 Å². The van der Waals surface area contributed by atoms with Crippen LogP contribution in [0.4, 0.5) is 0 Å². The molecule has 0 atom stereocenters. The SMILES string of the molecule is O=C(O)c1cccnc1.[Pb]. The number of pyridine rings is 1. The number of rotatable bonds is 1. The van der Waals surface area contributed by atoms with Gasteiger partial charge in [-0.3, -0.25) is 4.98 Å². The number of hydrogen-bond donors (Lipinski definition) is 1. The van der Waals surface area contributed by atoms with Gasteiger partial charge in [-0.1, -0.05) is 0 Å². The molecule has 0 spiro atoms. The molecule has 4 radical (unpaired) electrons. The molecular weight excluding hydrogens is 325 g/mol. The number of aromatic nitrogens is 1. The fraction of sp³-hybridized carbons (Fsp3) is 0. The third-order valence-electron chi connectivity index (χ3n) is 0.908. The summed E-state index contributed by atoms with van der Waals surface area (Å²) in [6, 6.07) is 3.08. The number of aromatic carboxylic acids is 1. The summed E-state index contributed by atoms with van der Waals surface area (Å²) in [6.45, 7) is 0. The van der Waals surface area contributed by atoms with E-state index in [4.69, 9.17) is 5.11 Å². The zero-order valence-corrected chi connectivity index (χ0v) is 9.00. The molecule has 0 aliphatic rings. The Morgan fingerprint density at radius 3 is 2.60 bits per heavy atom. The van der Waals surface area contributed by atoms with E-state index in [9.17, 15) is 4.79 Å². The Morgan fingerprint density at radius 1 is 1.60 bits per heavy atom. The second-order valence-electron chi connectivity index (χ2n) is 1.55. The van der Waals surface area contributed by atoms with Crippen LogP contribution in [0.1, 0.15) is 10.4 Å². The summed E-state index contributed by atoms with van der Waals surface area (Å²) in [5.74, 6) is -0.942. The third-order valence-corrected chi connectivity index (χ3v) is 0.908. The zero-order chi connectivity index (χ0) is 6.69. The standard InChI is InChI=1S/C6H5NO2.Pb/c8-6(9)5-2-1-3-7-4-5;/h1-4H,(H,8,9);. The van der Waals surface area contributed by atoms with Crippen LogP contribution < -0.4 is 0 Å². The number of nitrogens with zero attached hydrogens (tertiary/aromatic N) is 1. The van der Waals surface area contributed by atoms with Crippen molar-refractivity contribution < 1.29 is 9.90 Å². The van der Waals surface area contributed by atoms with E-state index in [0.717, 1.165) is 0 Å². The van der Waals surface area contributed by atoms with E-state index in [2.05, 4.69) is 4.98 Å². The molecule has 4 heteroatoms. The second kappa shape index (κ2) is 4.37. The molecule has 1 heterocycles. The van der Waals surface area contributed by atoms with Crippen molar-refractivity contribution in [2.75, 3.05) is 0 Å². The van der Waals surface area contributed by atoms with Gasteiger partial charge in [-0.2, -0.15) is 0 Å². The zero-order valence-electron chi connectivity index (χ0n) is 5.11. The van der Waals surface area contributed by atoms with Gasteiger partial charge in [0.1, 0.15) is 0 Å². The summed E-state index contributed by atoms with van der Waals surface area (Å²) in [6.07, 6.45) is 2.84. The molecule has 50 valence electrons. The van der Waals surface area contributed by atoms with E-state index in [1.165, 1.54) is 18.5 Å². The van der Waals surface area contributed by atoms with Crippen LogP contribution in [0.15, 0.2) is 24.5 Å². The normalized spacial score (nSPS) is 8.00. The minimum Gasteiger partial charge on any atom is -0.478 e. The summed E-state index contributed by atoms with van der Waals surface area (Å²) >= 11 is 0. The van der Waals surface area contributed by atoms with Crippen LogP contribution in [0.5, 0.6) is 0 Å². The minimum absolute atomic E-state index is 0. The van der Waals surface area contributed by atoms with Gasteiger partial charge in [-0.15, -0.1) is 0 Å². The minimum atomic E-state index is -0.942. The Bertz CT molecular complexity index is 212. The maximum Gasteiger partial charge on any atom is 0.337 e. The van der Waals surface area contributed by atoms with Crippen molar-refractivity contribution in [3.63, 3.8) is 0 Å². The smallest absolute Gasteiger partial charge is 0.337 e. The van der Waals surface area contributed by atoms with Crippen LogP contribution in [-0.4, -0.2) is 43.4 Å². The second-order valence-corrected chi connectivity index (χ2v) is 1.55. The molecule has 0 aliphatic carbocycles.